The Morgan fingerprint density at radius 2 is 1.44 bits per heavy atom. The fraction of sp³-hybridized carbons (Fsp3) is 0.951. The number of Topliss-reactive ketones (excluding diaryl/α,β-unsaturated/α-hetero) is 1. The summed E-state index contributed by atoms with van der Waals surface area (Å²) in [6, 6.07) is -0.762. The zero-order chi connectivity index (χ0) is 44.5. The third kappa shape index (κ3) is 13.0. The maximum absolute atomic E-state index is 13.9. The van der Waals surface area contributed by atoms with Crippen molar-refractivity contribution < 1.29 is 82.9 Å². The third-order valence-corrected chi connectivity index (χ3v) is 12.7. The molecule has 3 saturated heterocycles. The minimum atomic E-state index is -1.87. The molecule has 3 heterocycles. The number of cyclic esters (lactones) is 1. The lowest BCUT2D eigenvalue weighted by Gasteiger charge is -2.47. The number of carbonyl (C=O) groups excluding carboxylic acids is 2. The summed E-state index contributed by atoms with van der Waals surface area (Å²) in [6.45, 7) is 9.57. The highest BCUT2D eigenvalue weighted by Gasteiger charge is 2.50. The highest BCUT2D eigenvalue weighted by Crippen LogP contribution is 2.37. The lowest BCUT2D eigenvalue weighted by Crippen LogP contribution is -2.63. The molecule has 0 aliphatic carbocycles. The van der Waals surface area contributed by atoms with Gasteiger partial charge < -0.3 is 78.2 Å². The van der Waals surface area contributed by atoms with Crippen LogP contribution in [0.25, 0.3) is 0 Å². The zero-order valence-electron chi connectivity index (χ0n) is 37.0. The molecule has 19 atom stereocenters. The Hall–Kier alpha value is -1.46. The van der Waals surface area contributed by atoms with E-state index in [0.717, 1.165) is 0 Å². The molecule has 0 spiro atoms. The number of hydrogen-bond acceptors (Lipinski definition) is 18. The lowest BCUT2D eigenvalue weighted by molar-refractivity contribution is -0.308. The van der Waals surface area contributed by atoms with Crippen molar-refractivity contribution in [1.82, 2.24) is 4.90 Å². The molecule has 59 heavy (non-hydrogen) atoms. The second-order valence-electron chi connectivity index (χ2n) is 17.2. The minimum Gasteiger partial charge on any atom is -0.462 e. The van der Waals surface area contributed by atoms with Gasteiger partial charge in [-0.2, -0.15) is 0 Å². The van der Waals surface area contributed by atoms with Crippen LogP contribution in [0.2, 0.25) is 0 Å². The predicted octanol–water partition coefficient (Wildman–Crippen LogP) is 0.372. The van der Waals surface area contributed by atoms with Gasteiger partial charge in [-0.25, -0.2) is 0 Å². The fourth-order valence-electron chi connectivity index (χ4n) is 8.79. The van der Waals surface area contributed by atoms with Crippen LogP contribution in [0, 0.1) is 23.7 Å². The first-order valence-electron chi connectivity index (χ1n) is 20.9. The van der Waals surface area contributed by atoms with Crippen LogP contribution < -0.4 is 0 Å². The maximum atomic E-state index is 13.9. The number of ether oxygens (including phenoxy) is 9. The van der Waals surface area contributed by atoms with Gasteiger partial charge >= 0.3 is 5.97 Å². The molecule has 18 heteroatoms. The van der Waals surface area contributed by atoms with E-state index < -0.39 is 134 Å². The van der Waals surface area contributed by atoms with Crippen LogP contribution in [-0.4, -0.2) is 194 Å². The molecule has 0 saturated carbocycles. The van der Waals surface area contributed by atoms with Crippen LogP contribution in [0.4, 0.5) is 0 Å². The smallest absolute Gasteiger partial charge is 0.308 e. The second-order valence-corrected chi connectivity index (χ2v) is 17.2. The highest BCUT2D eigenvalue weighted by molar-refractivity contribution is 5.80. The number of aliphatic hydroxyl groups is 6. The van der Waals surface area contributed by atoms with E-state index in [1.54, 1.807) is 53.6 Å². The van der Waals surface area contributed by atoms with Gasteiger partial charge in [-0.15, -0.1) is 0 Å². The van der Waals surface area contributed by atoms with E-state index in [1.165, 1.54) is 35.4 Å². The monoisotopic (exact) mass is 854 g/mol. The number of methoxy groups -OCH3 is 4. The van der Waals surface area contributed by atoms with Crippen LogP contribution in [0.3, 0.4) is 0 Å². The molecule has 3 rings (SSSR count). The van der Waals surface area contributed by atoms with Crippen molar-refractivity contribution in [2.24, 2.45) is 23.7 Å². The van der Waals surface area contributed by atoms with Crippen molar-refractivity contribution in [1.29, 1.82) is 0 Å². The van der Waals surface area contributed by atoms with Crippen molar-refractivity contribution in [3.8, 4) is 0 Å². The van der Waals surface area contributed by atoms with Crippen molar-refractivity contribution in [2.75, 3.05) is 49.1 Å². The SMILES string of the molecule is CC[C@H]1OC(=O)C[C@@H](O)[C@H](C)[C@@H](O[C@@H]2O[C@H](C)[C@@H](O)[C@H](N(C)C)[C@H]2O)[C@@H](CC(OC)OC)C[C@@H](C)C(=O)CCC(C)(O)C(O)C1CO[C@@H]1O[C@H](C)[C@@H](O)[C@@H](OC)[C@H]1OC. The minimum absolute atomic E-state index is 0.128. The Labute approximate surface area is 349 Å². The summed E-state index contributed by atoms with van der Waals surface area (Å²) in [4.78, 5) is 29.4. The number of aliphatic hydroxyl groups excluding tert-OH is 5. The zero-order valence-corrected chi connectivity index (χ0v) is 37.0. The van der Waals surface area contributed by atoms with Crippen LogP contribution in [0.15, 0.2) is 0 Å². The highest BCUT2D eigenvalue weighted by atomic mass is 16.7. The molecular weight excluding hydrogens is 778 g/mol. The Kier molecular flexibility index (Phi) is 20.5. The Morgan fingerprint density at radius 3 is 2.00 bits per heavy atom. The number of likely N-dealkylation sites (N-methyl/N-ethyl adjacent to an activating group) is 1. The van der Waals surface area contributed by atoms with Crippen LogP contribution in [-0.2, 0) is 52.2 Å². The summed E-state index contributed by atoms with van der Waals surface area (Å²) < 4.78 is 52.9. The summed E-state index contributed by atoms with van der Waals surface area (Å²) in [5.41, 5.74) is -1.87. The first kappa shape index (κ1) is 51.9. The predicted molar refractivity (Wildman–Crippen MR) is 211 cm³/mol. The molecule has 3 unspecified atom stereocenters. The molecule has 3 fully saturated rings. The molecule has 0 aromatic carbocycles. The average molecular weight is 854 g/mol. The lowest BCUT2D eigenvalue weighted by atomic mass is 9.77. The Morgan fingerprint density at radius 1 is 0.847 bits per heavy atom. The van der Waals surface area contributed by atoms with Gasteiger partial charge in [0, 0.05) is 59.0 Å². The molecule has 3 aliphatic rings. The van der Waals surface area contributed by atoms with Gasteiger partial charge in [0.15, 0.2) is 18.9 Å². The molecule has 0 aromatic rings. The van der Waals surface area contributed by atoms with Crippen molar-refractivity contribution in [2.45, 2.75) is 178 Å². The van der Waals surface area contributed by atoms with Crippen LogP contribution in [0.5, 0.6) is 0 Å². The number of hydrogen-bond donors (Lipinski definition) is 6. The largest absolute Gasteiger partial charge is 0.462 e. The molecule has 0 bridgehead atoms. The first-order valence-corrected chi connectivity index (χ1v) is 20.9. The van der Waals surface area contributed by atoms with Crippen molar-refractivity contribution in [3.63, 3.8) is 0 Å². The van der Waals surface area contributed by atoms with E-state index in [2.05, 4.69) is 0 Å². The average Bonchev–Trinajstić information content (AvgIpc) is 3.18. The maximum Gasteiger partial charge on any atom is 0.308 e. The fourth-order valence-corrected chi connectivity index (χ4v) is 8.79. The molecule has 6 N–H and O–H groups in total. The molecule has 3 aliphatic heterocycles. The van der Waals surface area contributed by atoms with Crippen molar-refractivity contribution >= 4 is 11.8 Å². The quantitative estimate of drug-likeness (QED) is 0.108. The van der Waals surface area contributed by atoms with E-state index in [1.807, 2.05) is 0 Å². The van der Waals surface area contributed by atoms with Gasteiger partial charge in [0.1, 0.15) is 36.3 Å². The van der Waals surface area contributed by atoms with Gasteiger partial charge in [0.2, 0.25) is 0 Å². The number of rotatable bonds is 13. The van der Waals surface area contributed by atoms with Crippen molar-refractivity contribution in [3.05, 3.63) is 0 Å². The van der Waals surface area contributed by atoms with Gasteiger partial charge in [0.05, 0.1) is 61.3 Å². The Bertz CT molecular complexity index is 1270. The molecular formula is C41H75NO17. The second kappa shape index (κ2) is 23.3. The van der Waals surface area contributed by atoms with E-state index in [4.69, 9.17) is 42.6 Å². The summed E-state index contributed by atoms with van der Waals surface area (Å²) in [6.07, 6.45) is -14.9. The third-order valence-electron chi connectivity index (χ3n) is 12.7. The van der Waals surface area contributed by atoms with E-state index in [-0.39, 0.29) is 44.5 Å². The van der Waals surface area contributed by atoms with Crippen LogP contribution in [0.1, 0.15) is 80.1 Å². The van der Waals surface area contributed by atoms with Gasteiger partial charge in [0.25, 0.3) is 0 Å². The number of esters is 1. The van der Waals surface area contributed by atoms with Crippen LogP contribution >= 0.6 is 0 Å². The summed E-state index contributed by atoms with van der Waals surface area (Å²) >= 11 is 0. The van der Waals surface area contributed by atoms with Gasteiger partial charge in [-0.3, -0.25) is 9.59 Å². The van der Waals surface area contributed by atoms with E-state index in [0.29, 0.717) is 0 Å². The van der Waals surface area contributed by atoms with E-state index in [9.17, 15) is 40.2 Å². The number of nitrogens with zero attached hydrogens (tertiary/aromatic N) is 1. The standard InChI is InChI=1S/C41H75NO17/c1-13-28-25(19-55-40-37(54-12)36(53-11)33(47)23(5)57-40)38(49)41(6,50)15-14-26(43)20(2)16-24(17-30(51-9)52-10)35(21(3)27(44)18-29(45)58-28)59-39-34(48)31(42(7)8)32(46)22(4)56-39/h20-25,27-28,30-40,44,46-50H,13-19H2,1-12H3/t20-,21+,22-,23-,24-,25?,27-,28-,31+,32-,33-,34-,35-,36-,37-,38?,39+,40-,41?/m1/s1. The molecule has 0 amide bonds. The molecule has 346 valence electrons. The number of carbonyl (C=O) groups is 2. The summed E-state index contributed by atoms with van der Waals surface area (Å²) in [5.74, 6) is -4.13. The number of ketones is 1. The normalized spacial score (nSPS) is 43.9. The summed E-state index contributed by atoms with van der Waals surface area (Å²) in [7, 11) is 9.20. The topological polar surface area (TPSA) is 242 Å². The first-order chi connectivity index (χ1) is 27.7. The van der Waals surface area contributed by atoms with Gasteiger partial charge in [-0.1, -0.05) is 20.8 Å². The Balaban J connectivity index is 2.04. The summed E-state index contributed by atoms with van der Waals surface area (Å²) in [5, 5.41) is 68.5. The molecule has 0 aromatic heterocycles. The molecule has 18 nitrogen and oxygen atoms in total. The van der Waals surface area contributed by atoms with Gasteiger partial charge in [-0.05, 0) is 60.0 Å². The van der Waals surface area contributed by atoms with E-state index >= 15 is 0 Å². The molecule has 0 radical (unpaired) electrons.